The fourth-order valence-electron chi connectivity index (χ4n) is 1.02. The lowest BCUT2D eigenvalue weighted by Crippen LogP contribution is -2.40. The molecule has 0 spiro atoms. The van der Waals surface area contributed by atoms with Crippen LogP contribution < -0.4 is 11.1 Å². The molecule has 1 aromatic heterocycles. The van der Waals surface area contributed by atoms with Crippen molar-refractivity contribution >= 4 is 0 Å². The predicted octanol–water partition coefficient (Wildman–Crippen LogP) is -1.07. The summed E-state index contributed by atoms with van der Waals surface area (Å²) in [4.78, 5) is 22.4. The van der Waals surface area contributed by atoms with E-state index in [9.17, 15) is 9.59 Å². The highest BCUT2D eigenvalue weighted by atomic mass is 16.3. The largest absolute Gasteiger partial charge is 0.392 e. The van der Waals surface area contributed by atoms with Crippen molar-refractivity contribution in [2.75, 3.05) is 0 Å². The van der Waals surface area contributed by atoms with E-state index in [0.29, 0.717) is 0 Å². The van der Waals surface area contributed by atoms with Crippen molar-refractivity contribution in [3.8, 4) is 0 Å². The summed E-state index contributed by atoms with van der Waals surface area (Å²) in [7, 11) is 1.51. The molecule has 72 valence electrons. The molecule has 0 radical (unpaired) electrons. The Bertz CT molecular complexity index is 403. The van der Waals surface area contributed by atoms with Gasteiger partial charge in [-0.2, -0.15) is 0 Å². The maximum Gasteiger partial charge on any atom is 0.316 e. The number of aliphatic hydroxyl groups is 1. The molecule has 5 nitrogen and oxygen atoms in total. The topological polar surface area (TPSA) is 64.2 Å². The summed E-state index contributed by atoms with van der Waals surface area (Å²) in [6.45, 7) is 1.71. The lowest BCUT2D eigenvalue weighted by Gasteiger charge is -2.07. The van der Waals surface area contributed by atoms with E-state index < -0.39 is 17.2 Å². The Labute approximate surface area is 74.9 Å². The van der Waals surface area contributed by atoms with E-state index in [0.717, 1.165) is 0 Å². The van der Waals surface area contributed by atoms with Crippen LogP contribution in [0.3, 0.4) is 0 Å². The van der Waals surface area contributed by atoms with Gasteiger partial charge in [-0.15, -0.1) is 0 Å². The zero-order valence-electron chi connectivity index (χ0n) is 7.60. The molecular weight excluding hydrogens is 172 g/mol. The van der Waals surface area contributed by atoms with E-state index in [4.69, 9.17) is 5.11 Å². The van der Waals surface area contributed by atoms with Crippen molar-refractivity contribution in [3.05, 3.63) is 33.1 Å². The van der Waals surface area contributed by atoms with Gasteiger partial charge in [0.25, 0.3) is 0 Å². The first-order valence-electron chi connectivity index (χ1n) is 3.96. The summed E-state index contributed by atoms with van der Waals surface area (Å²) >= 11 is 0. The minimum Gasteiger partial charge on any atom is -0.392 e. The van der Waals surface area contributed by atoms with Crippen LogP contribution in [0.2, 0.25) is 0 Å². The zero-order chi connectivity index (χ0) is 10.0. The molecule has 1 unspecified atom stereocenters. The second-order valence-corrected chi connectivity index (χ2v) is 3.02. The molecule has 0 aliphatic heterocycles. The summed E-state index contributed by atoms with van der Waals surface area (Å²) in [6, 6.07) is 0. The van der Waals surface area contributed by atoms with Gasteiger partial charge in [0, 0.05) is 19.4 Å². The zero-order valence-corrected chi connectivity index (χ0v) is 7.60. The highest BCUT2D eigenvalue weighted by molar-refractivity contribution is 4.84. The van der Waals surface area contributed by atoms with Gasteiger partial charge in [0.05, 0.1) is 12.6 Å². The van der Waals surface area contributed by atoms with E-state index in [-0.39, 0.29) is 6.54 Å². The quantitative estimate of drug-likeness (QED) is 0.595. The maximum atomic E-state index is 11.2. The monoisotopic (exact) mass is 184 g/mol. The van der Waals surface area contributed by atoms with Gasteiger partial charge in [0.2, 0.25) is 0 Å². The summed E-state index contributed by atoms with van der Waals surface area (Å²) in [6.07, 6.45) is 2.34. The second-order valence-electron chi connectivity index (χ2n) is 3.02. The molecule has 0 aliphatic rings. The van der Waals surface area contributed by atoms with Crippen LogP contribution in [0, 0.1) is 0 Å². The number of rotatable bonds is 2. The number of nitrogens with zero attached hydrogens (tertiary/aromatic N) is 2. The average Bonchev–Trinajstić information content (AvgIpc) is 2.06. The summed E-state index contributed by atoms with van der Waals surface area (Å²) in [5.41, 5.74) is -1.19. The van der Waals surface area contributed by atoms with Gasteiger partial charge >= 0.3 is 11.1 Å². The van der Waals surface area contributed by atoms with Crippen molar-refractivity contribution in [3.63, 3.8) is 0 Å². The standard InChI is InChI=1S/C8H12N2O3/c1-6(11)5-10-4-3-9(2)7(12)8(10)13/h3-4,6,11H,5H2,1-2H3. The number of aryl methyl sites for hydroxylation is 1. The molecule has 0 fully saturated rings. The van der Waals surface area contributed by atoms with Crippen LogP contribution in [-0.4, -0.2) is 20.3 Å². The number of hydrogen-bond donors (Lipinski definition) is 1. The van der Waals surface area contributed by atoms with Gasteiger partial charge in [-0.3, -0.25) is 9.59 Å². The molecule has 1 atom stereocenters. The third-order valence-electron chi connectivity index (χ3n) is 1.70. The Balaban J connectivity index is 3.20. The summed E-state index contributed by atoms with van der Waals surface area (Å²) < 4.78 is 2.41. The summed E-state index contributed by atoms with van der Waals surface area (Å²) in [5.74, 6) is 0. The Kier molecular flexibility index (Phi) is 2.67. The van der Waals surface area contributed by atoms with Gasteiger partial charge in [-0.1, -0.05) is 0 Å². The molecule has 0 saturated carbocycles. The highest BCUT2D eigenvalue weighted by Crippen LogP contribution is 1.84. The van der Waals surface area contributed by atoms with Crippen molar-refractivity contribution in [2.45, 2.75) is 19.6 Å². The lowest BCUT2D eigenvalue weighted by molar-refractivity contribution is 0.171. The Morgan fingerprint density at radius 3 is 2.54 bits per heavy atom. The molecule has 0 saturated heterocycles. The van der Waals surface area contributed by atoms with E-state index in [1.54, 1.807) is 6.92 Å². The van der Waals surface area contributed by atoms with Crippen LogP contribution in [0.4, 0.5) is 0 Å². The number of aromatic nitrogens is 2. The van der Waals surface area contributed by atoms with Crippen molar-refractivity contribution < 1.29 is 5.11 Å². The molecule has 1 aromatic rings. The van der Waals surface area contributed by atoms with Crippen LogP contribution in [0.5, 0.6) is 0 Å². The first-order valence-corrected chi connectivity index (χ1v) is 3.96. The van der Waals surface area contributed by atoms with Gasteiger partial charge in [0.1, 0.15) is 0 Å². The second kappa shape index (κ2) is 3.57. The van der Waals surface area contributed by atoms with Crippen molar-refractivity contribution in [1.82, 2.24) is 9.13 Å². The molecule has 0 aromatic carbocycles. The van der Waals surface area contributed by atoms with E-state index in [1.807, 2.05) is 0 Å². The molecule has 0 amide bonds. The third kappa shape index (κ3) is 2.06. The highest BCUT2D eigenvalue weighted by Gasteiger charge is 2.03. The molecule has 0 bridgehead atoms. The molecule has 0 aliphatic carbocycles. The normalized spacial score (nSPS) is 12.8. The third-order valence-corrected chi connectivity index (χ3v) is 1.70. The minimum absolute atomic E-state index is 0.148. The molecule has 1 heterocycles. The van der Waals surface area contributed by atoms with E-state index in [2.05, 4.69) is 0 Å². The predicted molar refractivity (Wildman–Crippen MR) is 47.6 cm³/mol. The first kappa shape index (κ1) is 9.73. The fraction of sp³-hybridized carbons (Fsp3) is 0.500. The Hall–Kier alpha value is -1.36. The van der Waals surface area contributed by atoms with Crippen LogP contribution in [-0.2, 0) is 13.6 Å². The van der Waals surface area contributed by atoms with Gasteiger partial charge in [0.15, 0.2) is 0 Å². The number of hydrogen-bond acceptors (Lipinski definition) is 3. The minimum atomic E-state index is -0.634. The SMILES string of the molecule is CC(O)Cn1ccn(C)c(=O)c1=O. The van der Waals surface area contributed by atoms with Crippen LogP contribution in [0.25, 0.3) is 0 Å². The Morgan fingerprint density at radius 1 is 1.38 bits per heavy atom. The van der Waals surface area contributed by atoms with Crippen LogP contribution in [0.15, 0.2) is 22.0 Å². The van der Waals surface area contributed by atoms with Crippen LogP contribution in [0.1, 0.15) is 6.92 Å². The fourth-order valence-corrected chi connectivity index (χ4v) is 1.02. The van der Waals surface area contributed by atoms with E-state index in [1.165, 1.54) is 28.6 Å². The summed E-state index contributed by atoms with van der Waals surface area (Å²) in [5, 5.41) is 9.02. The van der Waals surface area contributed by atoms with Crippen molar-refractivity contribution in [1.29, 1.82) is 0 Å². The van der Waals surface area contributed by atoms with Gasteiger partial charge in [-0.25, -0.2) is 0 Å². The maximum absolute atomic E-state index is 11.2. The van der Waals surface area contributed by atoms with E-state index >= 15 is 0 Å². The van der Waals surface area contributed by atoms with Gasteiger partial charge in [-0.05, 0) is 6.92 Å². The average molecular weight is 184 g/mol. The van der Waals surface area contributed by atoms with Crippen LogP contribution >= 0.6 is 0 Å². The number of aliphatic hydroxyl groups excluding tert-OH is 1. The van der Waals surface area contributed by atoms with Gasteiger partial charge < -0.3 is 14.2 Å². The molecule has 5 heteroatoms. The molecule has 13 heavy (non-hydrogen) atoms. The first-order chi connectivity index (χ1) is 6.02. The van der Waals surface area contributed by atoms with Crippen molar-refractivity contribution in [2.24, 2.45) is 7.05 Å². The molecule has 1 N–H and O–H groups in total. The molecule has 1 rings (SSSR count). The Morgan fingerprint density at radius 2 is 2.00 bits per heavy atom. The lowest BCUT2D eigenvalue weighted by atomic mass is 10.4. The molecular formula is C8H12N2O3. The smallest absolute Gasteiger partial charge is 0.316 e.